The number of nitrogens with zero attached hydrogens (tertiary/aromatic N) is 2. The molecular weight excluding hydrogens is 503 g/mol. The van der Waals surface area contributed by atoms with Crippen molar-refractivity contribution in [3.05, 3.63) is 58.9 Å². The highest BCUT2D eigenvalue weighted by Crippen LogP contribution is 2.30. The number of nitrogens with one attached hydrogen (secondary N) is 3. The first kappa shape index (κ1) is 25.2. The Hall–Kier alpha value is -3.41. The van der Waals surface area contributed by atoms with Gasteiger partial charge in [-0.2, -0.15) is 13.2 Å². The Labute approximate surface area is 215 Å². The average Bonchev–Trinajstić information content (AvgIpc) is 3.55. The molecule has 37 heavy (non-hydrogen) atoms. The summed E-state index contributed by atoms with van der Waals surface area (Å²) in [6, 6.07) is 13.4. The topological polar surface area (TPSA) is 82.3 Å². The van der Waals surface area contributed by atoms with Crippen LogP contribution >= 0.6 is 11.3 Å². The Balaban J connectivity index is 1.23. The molecule has 3 aromatic heterocycles. The van der Waals surface area contributed by atoms with Crippen molar-refractivity contribution < 1.29 is 22.7 Å². The zero-order chi connectivity index (χ0) is 25.8. The smallest absolute Gasteiger partial charge is 0.405 e. The van der Waals surface area contributed by atoms with E-state index in [2.05, 4.69) is 20.2 Å². The SMILES string of the molecule is O=C(NCC(F)(F)F)c1cc(-c2cnc3[nH]c(-c4ccc(OCCN5CCNCC5)cc4)cc3c2)cs1. The van der Waals surface area contributed by atoms with Gasteiger partial charge in [-0.05, 0) is 59.0 Å². The molecule has 7 nitrogen and oxygen atoms in total. The number of thiophene rings is 1. The van der Waals surface area contributed by atoms with Gasteiger partial charge in [0.05, 0.1) is 4.88 Å². The van der Waals surface area contributed by atoms with E-state index in [1.165, 1.54) is 0 Å². The molecule has 3 N–H and O–H groups in total. The molecule has 0 spiro atoms. The summed E-state index contributed by atoms with van der Waals surface area (Å²) in [5.74, 6) is 0.0747. The maximum absolute atomic E-state index is 12.4. The summed E-state index contributed by atoms with van der Waals surface area (Å²) in [6.07, 6.45) is -2.77. The number of pyridine rings is 1. The number of amides is 1. The monoisotopic (exact) mass is 529 g/mol. The van der Waals surface area contributed by atoms with Crippen LogP contribution in [0, 0.1) is 0 Å². The third-order valence-corrected chi connectivity index (χ3v) is 7.06. The summed E-state index contributed by atoms with van der Waals surface area (Å²) in [7, 11) is 0. The van der Waals surface area contributed by atoms with Crippen LogP contribution in [0.15, 0.2) is 54.0 Å². The number of carbonyl (C=O) groups is 1. The molecule has 0 saturated carbocycles. The van der Waals surface area contributed by atoms with E-state index < -0.39 is 18.6 Å². The number of benzene rings is 1. The van der Waals surface area contributed by atoms with E-state index >= 15 is 0 Å². The van der Waals surface area contributed by atoms with Crippen molar-refractivity contribution in [2.24, 2.45) is 0 Å². The predicted octanol–water partition coefficient (Wildman–Crippen LogP) is 4.53. The van der Waals surface area contributed by atoms with Gasteiger partial charge in [0.2, 0.25) is 0 Å². The number of fused-ring (bicyclic) bond motifs is 1. The number of rotatable bonds is 8. The lowest BCUT2D eigenvalue weighted by atomic mass is 10.1. The Kier molecular flexibility index (Phi) is 7.45. The van der Waals surface area contributed by atoms with Crippen molar-refractivity contribution in [3.63, 3.8) is 0 Å². The molecule has 0 radical (unpaired) electrons. The normalized spacial score (nSPS) is 14.7. The quantitative estimate of drug-likeness (QED) is 0.312. The molecule has 0 aliphatic carbocycles. The van der Waals surface area contributed by atoms with Crippen molar-refractivity contribution >= 4 is 28.3 Å². The maximum atomic E-state index is 12.4. The molecule has 0 atom stereocenters. The van der Waals surface area contributed by atoms with Crippen LogP contribution in [0.3, 0.4) is 0 Å². The first-order chi connectivity index (χ1) is 17.8. The number of hydrogen-bond acceptors (Lipinski definition) is 6. The molecule has 11 heteroatoms. The third kappa shape index (κ3) is 6.48. The fourth-order valence-electron chi connectivity index (χ4n) is 4.16. The van der Waals surface area contributed by atoms with E-state index in [-0.39, 0.29) is 4.88 Å². The Morgan fingerprint density at radius 1 is 1.08 bits per heavy atom. The number of alkyl halides is 3. The maximum Gasteiger partial charge on any atom is 0.405 e. The largest absolute Gasteiger partial charge is 0.492 e. The van der Waals surface area contributed by atoms with E-state index in [0.717, 1.165) is 77.6 Å². The third-order valence-electron chi connectivity index (χ3n) is 6.13. The van der Waals surface area contributed by atoms with Crippen LogP contribution in [0.4, 0.5) is 13.2 Å². The number of H-pyrrole nitrogens is 1. The lowest BCUT2D eigenvalue weighted by Gasteiger charge is -2.26. The highest BCUT2D eigenvalue weighted by atomic mass is 32.1. The lowest BCUT2D eigenvalue weighted by Crippen LogP contribution is -2.44. The molecule has 1 aliphatic rings. The molecule has 1 fully saturated rings. The molecule has 0 bridgehead atoms. The van der Waals surface area contributed by atoms with Gasteiger partial charge in [0, 0.05) is 55.6 Å². The fourth-order valence-corrected chi connectivity index (χ4v) is 4.99. The highest BCUT2D eigenvalue weighted by Gasteiger charge is 2.28. The summed E-state index contributed by atoms with van der Waals surface area (Å²) in [5.41, 5.74) is 4.12. The van der Waals surface area contributed by atoms with Gasteiger partial charge in [0.1, 0.15) is 24.5 Å². The van der Waals surface area contributed by atoms with Gasteiger partial charge in [-0.3, -0.25) is 9.69 Å². The minimum atomic E-state index is -4.45. The molecule has 1 amide bonds. The number of piperazine rings is 1. The van der Waals surface area contributed by atoms with Crippen LogP contribution < -0.4 is 15.4 Å². The van der Waals surface area contributed by atoms with E-state index in [9.17, 15) is 18.0 Å². The number of aromatic amines is 1. The first-order valence-corrected chi connectivity index (χ1v) is 12.8. The van der Waals surface area contributed by atoms with Crippen molar-refractivity contribution in [1.82, 2.24) is 25.5 Å². The van der Waals surface area contributed by atoms with Crippen molar-refractivity contribution in [2.75, 3.05) is 45.9 Å². The van der Waals surface area contributed by atoms with Crippen LogP contribution in [-0.4, -0.2) is 72.8 Å². The predicted molar refractivity (Wildman–Crippen MR) is 138 cm³/mol. The molecular formula is C26H26F3N5O2S. The van der Waals surface area contributed by atoms with Crippen LogP contribution in [0.1, 0.15) is 9.67 Å². The lowest BCUT2D eigenvalue weighted by molar-refractivity contribution is -0.123. The second kappa shape index (κ2) is 10.9. The zero-order valence-electron chi connectivity index (χ0n) is 19.9. The summed E-state index contributed by atoms with van der Waals surface area (Å²) in [5, 5.41) is 7.86. The molecule has 1 aromatic carbocycles. The van der Waals surface area contributed by atoms with Gasteiger partial charge in [0.15, 0.2) is 0 Å². The van der Waals surface area contributed by atoms with Crippen LogP contribution in [-0.2, 0) is 0 Å². The van der Waals surface area contributed by atoms with Gasteiger partial charge in [0.25, 0.3) is 5.91 Å². The van der Waals surface area contributed by atoms with Gasteiger partial charge >= 0.3 is 6.18 Å². The molecule has 1 saturated heterocycles. The van der Waals surface area contributed by atoms with E-state index in [0.29, 0.717) is 12.3 Å². The molecule has 0 unspecified atom stereocenters. The number of aromatic nitrogens is 2. The standard InChI is InChI=1S/C26H26F3N5O2S/c27-26(28,29)16-32-25(35)23-13-20(15-37-23)19-11-18-12-22(33-24(18)31-14-19)17-1-3-21(4-2-17)36-10-9-34-7-5-30-6-8-34/h1-4,11-15,30H,5-10,16H2,(H,31,33)(H,32,35). The molecule has 1 aliphatic heterocycles. The van der Waals surface area contributed by atoms with Crippen LogP contribution in [0.5, 0.6) is 5.75 Å². The summed E-state index contributed by atoms with van der Waals surface area (Å²) >= 11 is 1.09. The van der Waals surface area contributed by atoms with E-state index in [1.54, 1.807) is 17.6 Å². The van der Waals surface area contributed by atoms with Gasteiger partial charge in [-0.15, -0.1) is 11.3 Å². The number of halogens is 3. The zero-order valence-corrected chi connectivity index (χ0v) is 20.7. The van der Waals surface area contributed by atoms with Crippen molar-refractivity contribution in [2.45, 2.75) is 6.18 Å². The first-order valence-electron chi connectivity index (χ1n) is 11.9. The van der Waals surface area contributed by atoms with Crippen molar-refractivity contribution in [3.8, 4) is 28.1 Å². The highest BCUT2D eigenvalue weighted by molar-refractivity contribution is 7.12. The Bertz CT molecular complexity index is 1360. The minimum Gasteiger partial charge on any atom is -0.492 e. The summed E-state index contributed by atoms with van der Waals surface area (Å²) < 4.78 is 43.0. The fraction of sp³-hybridized carbons (Fsp3) is 0.308. The van der Waals surface area contributed by atoms with Gasteiger partial charge in [-0.1, -0.05) is 0 Å². The van der Waals surface area contributed by atoms with Crippen LogP contribution in [0.2, 0.25) is 0 Å². The molecule has 4 aromatic rings. The summed E-state index contributed by atoms with van der Waals surface area (Å²) in [6.45, 7) is 4.32. The molecule has 4 heterocycles. The van der Waals surface area contributed by atoms with E-state index in [4.69, 9.17) is 4.74 Å². The second-order valence-electron chi connectivity index (χ2n) is 8.81. The summed E-state index contributed by atoms with van der Waals surface area (Å²) in [4.78, 5) is 22.4. The minimum absolute atomic E-state index is 0.212. The number of carbonyl (C=O) groups excluding carboxylic acids is 1. The Morgan fingerprint density at radius 3 is 2.62 bits per heavy atom. The van der Waals surface area contributed by atoms with E-state index in [1.807, 2.05) is 41.7 Å². The molecule has 194 valence electrons. The molecule has 5 rings (SSSR count). The Morgan fingerprint density at radius 2 is 1.86 bits per heavy atom. The van der Waals surface area contributed by atoms with Gasteiger partial charge in [-0.25, -0.2) is 4.98 Å². The number of hydrogen-bond donors (Lipinski definition) is 3. The van der Waals surface area contributed by atoms with Crippen LogP contribution in [0.25, 0.3) is 33.4 Å². The average molecular weight is 530 g/mol. The van der Waals surface area contributed by atoms with Crippen molar-refractivity contribution in [1.29, 1.82) is 0 Å². The second-order valence-corrected chi connectivity index (χ2v) is 9.72. The number of ether oxygens (including phenoxy) is 1. The van der Waals surface area contributed by atoms with Gasteiger partial charge < -0.3 is 20.4 Å².